The molecule has 1 saturated heterocycles. The zero-order valence-corrected chi connectivity index (χ0v) is 12.9. The lowest BCUT2D eigenvalue weighted by Gasteiger charge is -2.20. The number of nitrogens with zero attached hydrogens (tertiary/aromatic N) is 3. The van der Waals surface area contributed by atoms with Gasteiger partial charge in [-0.2, -0.15) is 5.10 Å². The molecule has 6 heteroatoms. The third-order valence-electron chi connectivity index (χ3n) is 4.53. The maximum absolute atomic E-state index is 12.3. The number of nitrogens with one attached hydrogen (secondary N) is 1. The molecule has 0 bridgehead atoms. The van der Waals surface area contributed by atoms with E-state index in [1.807, 2.05) is 12.1 Å². The van der Waals surface area contributed by atoms with E-state index < -0.39 is 0 Å². The third kappa shape index (κ3) is 3.18. The first-order valence-corrected chi connectivity index (χ1v) is 8.12. The Kier molecular flexibility index (Phi) is 3.93. The van der Waals surface area contributed by atoms with E-state index in [-0.39, 0.29) is 17.6 Å². The van der Waals surface area contributed by atoms with Gasteiger partial charge in [0.15, 0.2) is 0 Å². The summed E-state index contributed by atoms with van der Waals surface area (Å²) in [5.41, 5.74) is 1.64. The van der Waals surface area contributed by atoms with Crippen molar-refractivity contribution >= 4 is 0 Å². The Bertz CT molecular complexity index is 727. The maximum Gasteiger partial charge on any atom is 0.267 e. The fourth-order valence-corrected chi connectivity index (χ4v) is 2.96. The molecule has 2 aliphatic rings. The summed E-state index contributed by atoms with van der Waals surface area (Å²) in [5, 5.41) is 8.12. The summed E-state index contributed by atoms with van der Waals surface area (Å²) in [6.07, 6.45) is 6.07. The summed E-state index contributed by atoms with van der Waals surface area (Å²) in [6, 6.07) is 7.22. The van der Waals surface area contributed by atoms with Crippen LogP contribution >= 0.6 is 0 Å². The molecular formula is C17H20N4O2. The smallest absolute Gasteiger partial charge is 0.267 e. The van der Waals surface area contributed by atoms with E-state index in [0.717, 1.165) is 23.7 Å². The van der Waals surface area contributed by atoms with E-state index in [1.165, 1.54) is 12.8 Å². The van der Waals surface area contributed by atoms with Crippen LogP contribution in [0.1, 0.15) is 18.9 Å². The highest BCUT2D eigenvalue weighted by Gasteiger charge is 2.32. The Labute approximate surface area is 134 Å². The predicted octanol–water partition coefficient (Wildman–Crippen LogP) is 1.24. The zero-order valence-electron chi connectivity index (χ0n) is 12.9. The van der Waals surface area contributed by atoms with Crippen LogP contribution in [0.5, 0.6) is 0 Å². The first kappa shape index (κ1) is 14.5. The summed E-state index contributed by atoms with van der Waals surface area (Å²) in [5.74, 6) is 0.795. The van der Waals surface area contributed by atoms with E-state index in [4.69, 9.17) is 4.74 Å². The van der Waals surface area contributed by atoms with Crippen LogP contribution in [0.4, 0.5) is 0 Å². The number of hydrogen-bond acceptors (Lipinski definition) is 5. The van der Waals surface area contributed by atoms with Crippen molar-refractivity contribution in [2.24, 2.45) is 5.92 Å². The molecule has 2 aromatic heterocycles. The highest BCUT2D eigenvalue weighted by atomic mass is 16.5. The molecule has 1 saturated carbocycles. The Morgan fingerprint density at radius 3 is 2.78 bits per heavy atom. The minimum absolute atomic E-state index is 0.0527. The molecule has 1 N–H and O–H groups in total. The number of rotatable bonds is 5. The largest absolute Gasteiger partial charge is 0.377 e. The Balaban J connectivity index is 1.60. The van der Waals surface area contributed by atoms with Crippen molar-refractivity contribution in [1.82, 2.24) is 20.1 Å². The molecular weight excluding hydrogens is 292 g/mol. The van der Waals surface area contributed by atoms with E-state index >= 15 is 0 Å². The van der Waals surface area contributed by atoms with Crippen LogP contribution in [-0.4, -0.2) is 40.6 Å². The lowest BCUT2D eigenvalue weighted by molar-refractivity contribution is 0.181. The fraction of sp³-hybridized carbons (Fsp3) is 0.471. The molecule has 3 heterocycles. The fourth-order valence-electron chi connectivity index (χ4n) is 2.96. The van der Waals surface area contributed by atoms with Crippen LogP contribution in [0.3, 0.4) is 0 Å². The first-order valence-electron chi connectivity index (χ1n) is 8.12. The maximum atomic E-state index is 12.3. The summed E-state index contributed by atoms with van der Waals surface area (Å²) in [6.45, 7) is 2.16. The van der Waals surface area contributed by atoms with E-state index in [2.05, 4.69) is 15.4 Å². The van der Waals surface area contributed by atoms with Crippen molar-refractivity contribution in [3.05, 3.63) is 47.0 Å². The number of ether oxygens (including phenoxy) is 1. The normalized spacial score (nSPS) is 24.0. The molecule has 0 spiro atoms. The van der Waals surface area contributed by atoms with Crippen LogP contribution in [0.2, 0.25) is 0 Å². The van der Waals surface area contributed by atoms with Gasteiger partial charge >= 0.3 is 0 Å². The monoisotopic (exact) mass is 312 g/mol. The molecule has 120 valence electrons. The van der Waals surface area contributed by atoms with E-state index in [0.29, 0.717) is 13.2 Å². The highest BCUT2D eigenvalue weighted by Crippen LogP contribution is 2.28. The summed E-state index contributed by atoms with van der Waals surface area (Å²) >= 11 is 0. The van der Waals surface area contributed by atoms with Gasteiger partial charge in [0.05, 0.1) is 31.0 Å². The first-order chi connectivity index (χ1) is 11.3. The molecule has 0 aromatic carbocycles. The molecule has 2 aromatic rings. The average Bonchev–Trinajstić information content (AvgIpc) is 3.31. The minimum atomic E-state index is -0.0865. The number of aromatic nitrogens is 3. The van der Waals surface area contributed by atoms with Crippen molar-refractivity contribution in [1.29, 1.82) is 0 Å². The molecule has 0 radical (unpaired) electrons. The summed E-state index contributed by atoms with van der Waals surface area (Å²) < 4.78 is 7.18. The van der Waals surface area contributed by atoms with Crippen molar-refractivity contribution in [2.75, 3.05) is 19.8 Å². The van der Waals surface area contributed by atoms with Gasteiger partial charge in [-0.3, -0.25) is 9.78 Å². The molecule has 2 unspecified atom stereocenters. The lowest BCUT2D eigenvalue weighted by atomic mass is 10.1. The third-order valence-corrected chi connectivity index (χ3v) is 4.53. The van der Waals surface area contributed by atoms with Gasteiger partial charge in [0, 0.05) is 24.0 Å². The zero-order chi connectivity index (χ0) is 15.6. The van der Waals surface area contributed by atoms with Crippen LogP contribution in [0.25, 0.3) is 11.3 Å². The molecule has 1 aliphatic heterocycles. The van der Waals surface area contributed by atoms with Gasteiger partial charge in [0.1, 0.15) is 0 Å². The van der Waals surface area contributed by atoms with Crippen LogP contribution in [0, 0.1) is 5.92 Å². The SMILES string of the molecule is O=c1ccc(-c2ccncc2)nn1C1COCC1NCC1CC1. The van der Waals surface area contributed by atoms with E-state index in [1.54, 1.807) is 29.2 Å². The molecule has 4 rings (SSSR count). The van der Waals surface area contributed by atoms with Gasteiger partial charge in [-0.25, -0.2) is 4.68 Å². The quantitative estimate of drug-likeness (QED) is 0.900. The number of pyridine rings is 1. The topological polar surface area (TPSA) is 69.0 Å². The minimum Gasteiger partial charge on any atom is -0.377 e. The van der Waals surface area contributed by atoms with Crippen molar-refractivity contribution < 1.29 is 4.74 Å². The summed E-state index contributed by atoms with van der Waals surface area (Å²) in [7, 11) is 0. The van der Waals surface area contributed by atoms with Gasteiger partial charge in [0.25, 0.3) is 5.56 Å². The Hall–Kier alpha value is -2.05. The molecule has 6 nitrogen and oxygen atoms in total. The predicted molar refractivity (Wildman–Crippen MR) is 86.1 cm³/mol. The number of hydrogen-bond donors (Lipinski definition) is 1. The molecule has 2 atom stereocenters. The Morgan fingerprint density at radius 1 is 1.17 bits per heavy atom. The second kappa shape index (κ2) is 6.22. The second-order valence-corrected chi connectivity index (χ2v) is 6.30. The van der Waals surface area contributed by atoms with Gasteiger partial charge < -0.3 is 10.1 Å². The average molecular weight is 312 g/mol. The Morgan fingerprint density at radius 2 is 2.00 bits per heavy atom. The second-order valence-electron chi connectivity index (χ2n) is 6.30. The van der Waals surface area contributed by atoms with Gasteiger partial charge in [-0.15, -0.1) is 0 Å². The molecule has 23 heavy (non-hydrogen) atoms. The van der Waals surface area contributed by atoms with Crippen LogP contribution in [0.15, 0.2) is 41.5 Å². The summed E-state index contributed by atoms with van der Waals surface area (Å²) in [4.78, 5) is 16.3. The lowest BCUT2D eigenvalue weighted by Crippen LogP contribution is -2.42. The van der Waals surface area contributed by atoms with Crippen molar-refractivity contribution in [2.45, 2.75) is 24.9 Å². The highest BCUT2D eigenvalue weighted by molar-refractivity contribution is 5.57. The standard InChI is InChI=1S/C17H20N4O2/c22-17-4-3-14(13-5-7-18-8-6-13)20-21(17)16-11-23-10-15(16)19-9-12-1-2-12/h3-8,12,15-16,19H,1-2,9-11H2. The van der Waals surface area contributed by atoms with Gasteiger partial charge in [0.2, 0.25) is 0 Å². The molecule has 2 fully saturated rings. The van der Waals surface area contributed by atoms with E-state index in [9.17, 15) is 4.79 Å². The van der Waals surface area contributed by atoms with Crippen molar-refractivity contribution in [3.63, 3.8) is 0 Å². The van der Waals surface area contributed by atoms with Crippen LogP contribution in [-0.2, 0) is 4.74 Å². The molecule has 0 amide bonds. The van der Waals surface area contributed by atoms with Gasteiger partial charge in [-0.05, 0) is 43.5 Å². The van der Waals surface area contributed by atoms with Crippen LogP contribution < -0.4 is 10.9 Å². The van der Waals surface area contributed by atoms with Crippen molar-refractivity contribution in [3.8, 4) is 11.3 Å². The molecule has 1 aliphatic carbocycles. The van der Waals surface area contributed by atoms with Gasteiger partial charge in [-0.1, -0.05) is 0 Å².